The molecule has 0 aliphatic rings. The van der Waals surface area contributed by atoms with Gasteiger partial charge in [-0.25, -0.2) is 0 Å². The zero-order chi connectivity index (χ0) is 17.1. The molecule has 7 heteroatoms. The van der Waals surface area contributed by atoms with Crippen molar-refractivity contribution in [1.82, 2.24) is 14.8 Å². The van der Waals surface area contributed by atoms with E-state index in [1.807, 2.05) is 42.8 Å². The molecule has 3 aromatic rings. The summed E-state index contributed by atoms with van der Waals surface area (Å²) in [5, 5.41) is 20.3. The lowest BCUT2D eigenvalue weighted by atomic mass is 10.1. The van der Waals surface area contributed by atoms with Gasteiger partial charge in [0.15, 0.2) is 11.0 Å². The predicted octanol–water partition coefficient (Wildman–Crippen LogP) is 3.99. The highest BCUT2D eigenvalue weighted by Crippen LogP contribution is 2.29. The van der Waals surface area contributed by atoms with Gasteiger partial charge in [0.1, 0.15) is 0 Å². The van der Waals surface area contributed by atoms with E-state index < -0.39 is 0 Å². The third-order valence-corrected chi connectivity index (χ3v) is 4.84. The first-order valence-electron chi connectivity index (χ1n) is 7.38. The summed E-state index contributed by atoms with van der Waals surface area (Å²) in [5.41, 5.74) is 2.97. The molecular weight excluding hydrogens is 324 g/mol. The van der Waals surface area contributed by atoms with Gasteiger partial charge in [-0.1, -0.05) is 54.2 Å². The molecule has 0 amide bonds. The van der Waals surface area contributed by atoms with Crippen LogP contribution < -0.4 is 0 Å². The molecule has 0 N–H and O–H groups in total. The molecular formula is C17H16N4O2S. The Kier molecular flexibility index (Phi) is 4.61. The van der Waals surface area contributed by atoms with Gasteiger partial charge in [0, 0.05) is 30.0 Å². The summed E-state index contributed by atoms with van der Waals surface area (Å²) in [6, 6.07) is 14.8. The Morgan fingerprint density at radius 2 is 1.83 bits per heavy atom. The molecule has 0 unspecified atom stereocenters. The van der Waals surface area contributed by atoms with Crippen LogP contribution in [0.4, 0.5) is 5.69 Å². The van der Waals surface area contributed by atoms with Crippen LogP contribution in [0.25, 0.3) is 11.4 Å². The average molecular weight is 340 g/mol. The van der Waals surface area contributed by atoms with E-state index in [1.54, 1.807) is 18.2 Å². The van der Waals surface area contributed by atoms with Gasteiger partial charge < -0.3 is 4.57 Å². The Hall–Kier alpha value is -2.67. The molecule has 0 saturated carbocycles. The quantitative estimate of drug-likeness (QED) is 0.399. The summed E-state index contributed by atoms with van der Waals surface area (Å²) in [6.07, 6.45) is 0. The fourth-order valence-electron chi connectivity index (χ4n) is 2.45. The minimum Gasteiger partial charge on any atom is -0.305 e. The van der Waals surface area contributed by atoms with Crippen LogP contribution in [0.2, 0.25) is 0 Å². The highest BCUT2D eigenvalue weighted by atomic mass is 32.2. The second-order valence-electron chi connectivity index (χ2n) is 5.35. The molecule has 3 rings (SSSR count). The first kappa shape index (κ1) is 16.2. The van der Waals surface area contributed by atoms with Crippen LogP contribution in [0.1, 0.15) is 11.1 Å². The van der Waals surface area contributed by atoms with Crippen LogP contribution in [0.3, 0.4) is 0 Å². The first-order chi connectivity index (χ1) is 11.6. The minimum atomic E-state index is -0.356. The van der Waals surface area contributed by atoms with E-state index in [2.05, 4.69) is 10.2 Å². The molecule has 0 spiro atoms. The van der Waals surface area contributed by atoms with Gasteiger partial charge in [-0.2, -0.15) is 0 Å². The highest BCUT2D eigenvalue weighted by Gasteiger charge is 2.16. The Morgan fingerprint density at radius 1 is 1.12 bits per heavy atom. The number of thioether (sulfide) groups is 1. The number of hydrogen-bond acceptors (Lipinski definition) is 5. The van der Waals surface area contributed by atoms with Crippen molar-refractivity contribution in [1.29, 1.82) is 0 Å². The largest absolute Gasteiger partial charge is 0.305 e. The number of nitro benzene ring substituents is 1. The lowest BCUT2D eigenvalue weighted by Crippen LogP contribution is -1.97. The number of aryl methyl sites for hydroxylation is 1. The van der Waals surface area contributed by atoms with Crippen LogP contribution in [-0.2, 0) is 12.8 Å². The molecule has 0 radical (unpaired) electrons. The van der Waals surface area contributed by atoms with E-state index in [-0.39, 0.29) is 10.6 Å². The summed E-state index contributed by atoms with van der Waals surface area (Å²) in [5.74, 6) is 1.26. The minimum absolute atomic E-state index is 0.131. The fraction of sp³-hybridized carbons (Fsp3) is 0.176. The second kappa shape index (κ2) is 6.84. The smallest absolute Gasteiger partial charge is 0.273 e. The van der Waals surface area contributed by atoms with E-state index in [9.17, 15) is 10.1 Å². The van der Waals surface area contributed by atoms with E-state index >= 15 is 0 Å². The first-order valence-corrected chi connectivity index (χ1v) is 8.37. The van der Waals surface area contributed by atoms with Crippen molar-refractivity contribution in [3.63, 3.8) is 0 Å². The van der Waals surface area contributed by atoms with Crippen LogP contribution in [0.5, 0.6) is 0 Å². The number of hydrogen-bond donors (Lipinski definition) is 0. The summed E-state index contributed by atoms with van der Waals surface area (Å²) >= 11 is 1.44. The van der Waals surface area contributed by atoms with E-state index in [4.69, 9.17) is 0 Å². The van der Waals surface area contributed by atoms with Crippen LogP contribution in [-0.4, -0.2) is 19.7 Å². The van der Waals surface area contributed by atoms with Gasteiger partial charge in [0.25, 0.3) is 5.69 Å². The molecule has 0 bridgehead atoms. The monoisotopic (exact) mass is 340 g/mol. The number of benzene rings is 2. The molecule has 24 heavy (non-hydrogen) atoms. The van der Waals surface area contributed by atoms with Crippen molar-refractivity contribution in [3.8, 4) is 11.4 Å². The third-order valence-electron chi connectivity index (χ3n) is 3.77. The molecule has 0 atom stereocenters. The zero-order valence-corrected chi connectivity index (χ0v) is 14.2. The van der Waals surface area contributed by atoms with Crippen molar-refractivity contribution in [2.24, 2.45) is 7.05 Å². The summed E-state index contributed by atoms with van der Waals surface area (Å²) < 4.78 is 1.92. The third kappa shape index (κ3) is 3.16. The Morgan fingerprint density at radius 3 is 2.58 bits per heavy atom. The normalized spacial score (nSPS) is 10.8. The zero-order valence-electron chi connectivity index (χ0n) is 13.3. The van der Waals surface area contributed by atoms with Gasteiger partial charge >= 0.3 is 0 Å². The van der Waals surface area contributed by atoms with Crippen molar-refractivity contribution >= 4 is 17.4 Å². The molecule has 1 aromatic heterocycles. The Labute approximate surface area is 143 Å². The maximum Gasteiger partial charge on any atom is 0.273 e. The van der Waals surface area contributed by atoms with Gasteiger partial charge in [-0.3, -0.25) is 10.1 Å². The van der Waals surface area contributed by atoms with Crippen molar-refractivity contribution < 1.29 is 4.92 Å². The highest BCUT2D eigenvalue weighted by molar-refractivity contribution is 7.98. The maximum atomic E-state index is 11.1. The van der Waals surface area contributed by atoms with E-state index in [0.29, 0.717) is 11.3 Å². The topological polar surface area (TPSA) is 73.8 Å². The fourth-order valence-corrected chi connectivity index (χ4v) is 3.36. The Bertz CT molecular complexity index is 892. The van der Waals surface area contributed by atoms with Gasteiger partial charge in [0.05, 0.1) is 4.92 Å². The standard InChI is InChI=1S/C17H16N4O2S/c1-12-7-3-5-9-14(12)16-18-19-17(20(16)2)24-11-13-8-4-6-10-15(13)21(22)23/h3-10H,11H2,1-2H3. The van der Waals surface area contributed by atoms with Crippen molar-refractivity contribution in [3.05, 3.63) is 69.8 Å². The molecule has 122 valence electrons. The average Bonchev–Trinajstić information content (AvgIpc) is 2.94. The number of nitro groups is 1. The molecule has 0 fully saturated rings. The van der Waals surface area contributed by atoms with Gasteiger partial charge in [0.2, 0.25) is 0 Å². The van der Waals surface area contributed by atoms with Crippen LogP contribution in [0, 0.1) is 17.0 Å². The summed E-state index contributed by atoms with van der Waals surface area (Å²) in [4.78, 5) is 10.7. The number of aromatic nitrogens is 3. The Balaban J connectivity index is 1.83. The van der Waals surface area contributed by atoms with Gasteiger partial charge in [-0.05, 0) is 12.5 Å². The number of nitrogens with zero attached hydrogens (tertiary/aromatic N) is 4. The van der Waals surface area contributed by atoms with Crippen LogP contribution in [0.15, 0.2) is 53.7 Å². The molecule has 6 nitrogen and oxygen atoms in total. The molecule has 0 aliphatic heterocycles. The lowest BCUT2D eigenvalue weighted by Gasteiger charge is -2.06. The molecule has 0 saturated heterocycles. The summed E-state index contributed by atoms with van der Waals surface area (Å²) in [6.45, 7) is 2.03. The predicted molar refractivity (Wildman–Crippen MR) is 93.8 cm³/mol. The van der Waals surface area contributed by atoms with Crippen LogP contribution >= 0.6 is 11.8 Å². The number of rotatable bonds is 5. The van der Waals surface area contributed by atoms with Gasteiger partial charge in [-0.15, -0.1) is 10.2 Å². The number of para-hydroxylation sites is 1. The lowest BCUT2D eigenvalue weighted by molar-refractivity contribution is -0.385. The van der Waals surface area contributed by atoms with E-state index in [0.717, 1.165) is 22.1 Å². The van der Waals surface area contributed by atoms with Crippen molar-refractivity contribution in [2.75, 3.05) is 0 Å². The molecule has 1 heterocycles. The maximum absolute atomic E-state index is 11.1. The SMILES string of the molecule is Cc1ccccc1-c1nnc(SCc2ccccc2[N+](=O)[O-])n1C. The molecule has 0 aliphatic carbocycles. The molecule has 2 aromatic carbocycles. The van der Waals surface area contributed by atoms with Crippen molar-refractivity contribution in [2.45, 2.75) is 17.8 Å². The summed E-state index contributed by atoms with van der Waals surface area (Å²) in [7, 11) is 1.91. The van der Waals surface area contributed by atoms with E-state index in [1.165, 1.54) is 17.8 Å². The second-order valence-corrected chi connectivity index (χ2v) is 6.30.